The number of hydrogen-bond acceptors (Lipinski definition) is 4. The molecule has 0 amide bonds. The third-order valence-electron chi connectivity index (χ3n) is 3.77. The normalized spacial score (nSPS) is 27.8. The molecule has 1 saturated carbocycles. The Morgan fingerprint density at radius 3 is 2.63 bits per heavy atom. The molecule has 0 spiro atoms. The van der Waals surface area contributed by atoms with Crippen LogP contribution in [0.4, 0.5) is 0 Å². The van der Waals surface area contributed by atoms with E-state index in [9.17, 15) is 4.21 Å². The average Bonchev–Trinajstić information content (AvgIpc) is 2.46. The van der Waals surface area contributed by atoms with Crippen molar-refractivity contribution in [2.24, 2.45) is 5.73 Å². The number of hydrogen-bond donors (Lipinski definition) is 1. The number of nitrogens with two attached hydrogens (primary N) is 1. The van der Waals surface area contributed by atoms with Gasteiger partial charge in [0.2, 0.25) is 0 Å². The second kappa shape index (κ2) is 5.51. The Morgan fingerprint density at radius 1 is 1.11 bits per heavy atom. The number of fused-ring (bicyclic) bond motifs is 1. The summed E-state index contributed by atoms with van der Waals surface area (Å²) in [6.07, 6.45) is 4.19. The summed E-state index contributed by atoms with van der Waals surface area (Å²) in [4.78, 5) is 0.798. The van der Waals surface area contributed by atoms with Gasteiger partial charge in [-0.2, -0.15) is 0 Å². The van der Waals surface area contributed by atoms with Gasteiger partial charge >= 0.3 is 0 Å². The Morgan fingerprint density at radius 2 is 1.84 bits per heavy atom. The Hall–Kier alpha value is -1.07. The molecule has 5 heteroatoms. The fourth-order valence-electron chi connectivity index (χ4n) is 2.71. The van der Waals surface area contributed by atoms with Crippen LogP contribution in [0.5, 0.6) is 11.5 Å². The minimum atomic E-state index is -1.06. The van der Waals surface area contributed by atoms with Gasteiger partial charge in [0.1, 0.15) is 13.2 Å². The van der Waals surface area contributed by atoms with Crippen molar-refractivity contribution in [3.63, 3.8) is 0 Å². The van der Waals surface area contributed by atoms with E-state index < -0.39 is 10.8 Å². The summed E-state index contributed by atoms with van der Waals surface area (Å²) < 4.78 is 23.6. The van der Waals surface area contributed by atoms with Crippen molar-refractivity contribution < 1.29 is 13.7 Å². The van der Waals surface area contributed by atoms with E-state index in [-0.39, 0.29) is 11.3 Å². The van der Waals surface area contributed by atoms with Crippen molar-refractivity contribution >= 4 is 10.8 Å². The number of ether oxygens (including phenoxy) is 2. The van der Waals surface area contributed by atoms with Crippen molar-refractivity contribution in [1.82, 2.24) is 0 Å². The van der Waals surface area contributed by atoms with Crippen LogP contribution in [0.2, 0.25) is 0 Å². The molecule has 1 aromatic carbocycles. The highest BCUT2D eigenvalue weighted by molar-refractivity contribution is 7.85. The molecule has 0 saturated heterocycles. The monoisotopic (exact) mass is 281 g/mol. The molecule has 3 atom stereocenters. The van der Waals surface area contributed by atoms with Gasteiger partial charge in [0, 0.05) is 17.0 Å². The van der Waals surface area contributed by atoms with Crippen LogP contribution >= 0.6 is 0 Å². The zero-order valence-electron chi connectivity index (χ0n) is 10.8. The lowest BCUT2D eigenvalue weighted by Crippen LogP contribution is -2.40. The van der Waals surface area contributed by atoms with Gasteiger partial charge in [0.25, 0.3) is 0 Å². The first-order chi connectivity index (χ1) is 9.25. The Bertz CT molecular complexity index is 492. The largest absolute Gasteiger partial charge is 0.486 e. The van der Waals surface area contributed by atoms with Crippen molar-refractivity contribution in [2.75, 3.05) is 13.2 Å². The second-order valence-corrected chi connectivity index (χ2v) is 6.76. The Labute approximate surface area is 115 Å². The highest BCUT2D eigenvalue weighted by Crippen LogP contribution is 2.33. The Kier molecular flexibility index (Phi) is 3.75. The fraction of sp³-hybridized carbons (Fsp3) is 0.571. The van der Waals surface area contributed by atoms with E-state index in [4.69, 9.17) is 15.2 Å². The van der Waals surface area contributed by atoms with E-state index in [1.54, 1.807) is 0 Å². The van der Waals surface area contributed by atoms with Gasteiger partial charge in [0.05, 0.1) is 16.0 Å². The molecule has 1 aliphatic heterocycles. The van der Waals surface area contributed by atoms with Crippen molar-refractivity contribution in [2.45, 2.75) is 41.9 Å². The highest BCUT2D eigenvalue weighted by atomic mass is 32.2. The lowest BCUT2D eigenvalue weighted by atomic mass is 9.96. The summed E-state index contributed by atoms with van der Waals surface area (Å²) >= 11 is 0. The molecule has 4 nitrogen and oxygen atoms in total. The molecule has 0 radical (unpaired) electrons. The van der Waals surface area contributed by atoms with Crippen molar-refractivity contribution in [1.29, 1.82) is 0 Å². The van der Waals surface area contributed by atoms with Crippen molar-refractivity contribution in [3.05, 3.63) is 18.2 Å². The summed E-state index contributed by atoms with van der Waals surface area (Å²) in [5.74, 6) is 1.43. The summed E-state index contributed by atoms with van der Waals surface area (Å²) in [5, 5.41) is 0.0660. The third-order valence-corrected chi connectivity index (χ3v) is 5.63. The average molecular weight is 281 g/mol. The van der Waals surface area contributed by atoms with Crippen LogP contribution in [0.3, 0.4) is 0 Å². The first-order valence-electron chi connectivity index (χ1n) is 6.81. The molecule has 0 aromatic heterocycles. The van der Waals surface area contributed by atoms with Crippen LogP contribution in [0.15, 0.2) is 23.1 Å². The lowest BCUT2D eigenvalue weighted by molar-refractivity contribution is 0.171. The SMILES string of the molecule is NC1CCCCC1S(=O)c1ccc2c(c1)OCCO2. The zero-order valence-corrected chi connectivity index (χ0v) is 11.7. The van der Waals surface area contributed by atoms with Gasteiger partial charge < -0.3 is 15.2 Å². The van der Waals surface area contributed by atoms with Gasteiger partial charge in [-0.25, -0.2) is 0 Å². The molecule has 3 rings (SSSR count). The highest BCUT2D eigenvalue weighted by Gasteiger charge is 2.28. The summed E-state index contributed by atoms with van der Waals surface area (Å²) in [6.45, 7) is 1.12. The van der Waals surface area contributed by atoms with Gasteiger partial charge in [-0.1, -0.05) is 12.8 Å². The predicted octanol–water partition coefficient (Wildman–Crippen LogP) is 1.84. The van der Waals surface area contributed by atoms with Crippen LogP contribution in [0.25, 0.3) is 0 Å². The van der Waals surface area contributed by atoms with Crippen LogP contribution in [-0.2, 0) is 10.8 Å². The summed E-state index contributed by atoms with van der Waals surface area (Å²) in [7, 11) is -1.06. The number of rotatable bonds is 2. The quantitative estimate of drug-likeness (QED) is 0.898. The Balaban J connectivity index is 1.83. The maximum atomic E-state index is 12.6. The lowest BCUT2D eigenvalue weighted by Gasteiger charge is -2.28. The molecule has 19 heavy (non-hydrogen) atoms. The smallest absolute Gasteiger partial charge is 0.162 e. The van der Waals surface area contributed by atoms with E-state index in [1.165, 1.54) is 0 Å². The van der Waals surface area contributed by atoms with Crippen LogP contribution in [0, 0.1) is 0 Å². The van der Waals surface area contributed by atoms with Gasteiger partial charge in [-0.05, 0) is 25.0 Å². The molecule has 1 aromatic rings. The minimum absolute atomic E-state index is 0.0442. The molecule has 104 valence electrons. The summed E-state index contributed by atoms with van der Waals surface area (Å²) in [5.41, 5.74) is 6.11. The standard InChI is InChI=1S/C14H19NO3S/c15-11-3-1-2-4-14(11)19(16)10-5-6-12-13(9-10)18-8-7-17-12/h5-6,9,11,14H,1-4,7-8,15H2. The van der Waals surface area contributed by atoms with E-state index in [1.807, 2.05) is 18.2 Å². The van der Waals surface area contributed by atoms with Crippen LogP contribution in [0.1, 0.15) is 25.7 Å². The molecule has 3 unspecified atom stereocenters. The van der Waals surface area contributed by atoms with Gasteiger partial charge in [-0.3, -0.25) is 4.21 Å². The maximum Gasteiger partial charge on any atom is 0.162 e. The first kappa shape index (κ1) is 12.9. The zero-order chi connectivity index (χ0) is 13.2. The first-order valence-corrected chi connectivity index (χ1v) is 8.03. The van der Waals surface area contributed by atoms with E-state index in [0.717, 1.165) is 36.3 Å². The van der Waals surface area contributed by atoms with E-state index in [2.05, 4.69) is 0 Å². The van der Waals surface area contributed by atoms with Crippen LogP contribution in [-0.4, -0.2) is 28.7 Å². The molecule has 2 aliphatic rings. The molecule has 1 heterocycles. The van der Waals surface area contributed by atoms with E-state index >= 15 is 0 Å². The maximum absolute atomic E-state index is 12.6. The molecular formula is C14H19NO3S. The molecule has 0 bridgehead atoms. The van der Waals surface area contributed by atoms with E-state index in [0.29, 0.717) is 19.0 Å². The molecular weight excluding hydrogens is 262 g/mol. The minimum Gasteiger partial charge on any atom is -0.486 e. The van der Waals surface area contributed by atoms with Crippen LogP contribution < -0.4 is 15.2 Å². The third kappa shape index (κ3) is 2.62. The topological polar surface area (TPSA) is 61.6 Å². The number of benzene rings is 1. The van der Waals surface area contributed by atoms with Gasteiger partial charge in [-0.15, -0.1) is 0 Å². The molecule has 1 aliphatic carbocycles. The van der Waals surface area contributed by atoms with Gasteiger partial charge in [0.15, 0.2) is 11.5 Å². The molecule has 2 N–H and O–H groups in total. The fourth-order valence-corrected chi connectivity index (χ4v) is 4.32. The summed E-state index contributed by atoms with van der Waals surface area (Å²) in [6, 6.07) is 5.59. The second-order valence-electron chi connectivity index (χ2n) is 5.09. The predicted molar refractivity (Wildman–Crippen MR) is 74.1 cm³/mol. The van der Waals surface area contributed by atoms with Crippen molar-refractivity contribution in [3.8, 4) is 11.5 Å². The molecule has 1 fully saturated rings.